The van der Waals surface area contributed by atoms with Gasteiger partial charge in [-0.2, -0.15) is 13.2 Å². The minimum atomic E-state index is -4.58. The molecule has 48 heavy (non-hydrogen) atoms. The van der Waals surface area contributed by atoms with Crippen molar-refractivity contribution in [2.24, 2.45) is 0 Å². The monoisotopic (exact) mass is 666 g/mol. The van der Waals surface area contributed by atoms with Crippen LogP contribution in [-0.4, -0.2) is 89.4 Å². The SMILES string of the molecule is CCNCCNCc1ccc(NC(=O)c2ccc(C)c(Nc3nccn3-c3cc(NCCN4CCOCC4)ncn3)c2)cc1C(F)(F)F. The Morgan fingerprint density at radius 2 is 1.79 bits per heavy atom. The second-order valence-corrected chi connectivity index (χ2v) is 11.3. The van der Waals surface area contributed by atoms with Crippen LogP contribution in [0.25, 0.3) is 5.82 Å². The summed E-state index contributed by atoms with van der Waals surface area (Å²) in [6, 6.07) is 10.7. The van der Waals surface area contributed by atoms with Crippen molar-refractivity contribution in [3.63, 3.8) is 0 Å². The highest BCUT2D eigenvalue weighted by Crippen LogP contribution is 2.34. The maximum atomic E-state index is 13.9. The van der Waals surface area contributed by atoms with E-state index in [2.05, 4.69) is 46.4 Å². The van der Waals surface area contributed by atoms with Crippen LogP contribution in [0.5, 0.6) is 0 Å². The van der Waals surface area contributed by atoms with Crippen molar-refractivity contribution < 1.29 is 22.7 Å². The van der Waals surface area contributed by atoms with Gasteiger partial charge in [0.05, 0.1) is 18.8 Å². The quantitative estimate of drug-likeness (QED) is 0.116. The average molecular weight is 667 g/mol. The number of amides is 1. The number of aryl methyl sites for hydroxylation is 1. The fourth-order valence-electron chi connectivity index (χ4n) is 5.19. The molecule has 15 heteroatoms. The normalized spacial score (nSPS) is 13.8. The number of morpholine rings is 1. The molecular formula is C33H41F3N10O2. The third-order valence-electron chi connectivity index (χ3n) is 7.84. The maximum Gasteiger partial charge on any atom is 0.416 e. The molecule has 256 valence electrons. The molecule has 12 nitrogen and oxygen atoms in total. The van der Waals surface area contributed by atoms with Crippen molar-refractivity contribution in [2.75, 3.05) is 75.0 Å². The van der Waals surface area contributed by atoms with Crippen molar-refractivity contribution in [1.82, 2.24) is 35.1 Å². The van der Waals surface area contributed by atoms with Gasteiger partial charge < -0.3 is 31.3 Å². The first-order chi connectivity index (χ1) is 23.2. The lowest BCUT2D eigenvalue weighted by atomic mass is 10.1. The summed E-state index contributed by atoms with van der Waals surface area (Å²) in [7, 11) is 0. The molecule has 2 aromatic carbocycles. The zero-order valence-corrected chi connectivity index (χ0v) is 27.0. The summed E-state index contributed by atoms with van der Waals surface area (Å²) < 4.78 is 48.9. The van der Waals surface area contributed by atoms with Crippen molar-refractivity contribution >= 4 is 29.0 Å². The third-order valence-corrected chi connectivity index (χ3v) is 7.84. The van der Waals surface area contributed by atoms with Crippen LogP contribution >= 0.6 is 0 Å². The van der Waals surface area contributed by atoms with Gasteiger partial charge in [-0.15, -0.1) is 0 Å². The van der Waals surface area contributed by atoms with E-state index < -0.39 is 17.6 Å². The average Bonchev–Trinajstić information content (AvgIpc) is 3.54. The van der Waals surface area contributed by atoms with Gasteiger partial charge in [-0.3, -0.25) is 14.3 Å². The van der Waals surface area contributed by atoms with Crippen molar-refractivity contribution in [1.29, 1.82) is 0 Å². The molecule has 1 saturated heterocycles. The standard InChI is InChI=1S/C33H41F3N10O2/c1-3-37-8-9-38-21-25-6-7-26(19-27(25)33(34,35)36)43-31(47)24-5-4-23(2)28(18-24)44-32-40-11-13-46(32)30-20-29(41-22-42-30)39-10-12-45-14-16-48-17-15-45/h4-7,11,13,18-20,22,37-38H,3,8-10,12,14-17,21H2,1-2H3,(H,40,44)(H,43,47)(H,39,41,42). The van der Waals surface area contributed by atoms with Crippen LogP contribution in [0.15, 0.2) is 61.2 Å². The zero-order valence-electron chi connectivity index (χ0n) is 27.0. The molecule has 0 radical (unpaired) electrons. The molecule has 3 heterocycles. The molecule has 1 amide bonds. The summed E-state index contributed by atoms with van der Waals surface area (Å²) in [6.45, 7) is 10.7. The first kappa shape index (κ1) is 34.8. The molecular weight excluding hydrogens is 625 g/mol. The molecule has 0 saturated carbocycles. The Labute approximate surface area is 277 Å². The Morgan fingerprint density at radius 1 is 0.979 bits per heavy atom. The molecule has 4 aromatic rings. The van der Waals surface area contributed by atoms with Gasteiger partial charge in [0.1, 0.15) is 18.0 Å². The Bertz CT molecular complexity index is 1660. The molecule has 5 N–H and O–H groups in total. The fraction of sp³-hybridized carbons (Fsp3) is 0.394. The highest BCUT2D eigenvalue weighted by Gasteiger charge is 2.33. The number of aromatic nitrogens is 4. The zero-order chi connectivity index (χ0) is 33.9. The van der Waals surface area contributed by atoms with Gasteiger partial charge in [0.15, 0.2) is 0 Å². The van der Waals surface area contributed by atoms with Gasteiger partial charge in [-0.25, -0.2) is 15.0 Å². The van der Waals surface area contributed by atoms with Gasteiger partial charge in [0.25, 0.3) is 5.91 Å². The number of benzene rings is 2. The second kappa shape index (κ2) is 16.5. The van der Waals surface area contributed by atoms with Crippen LogP contribution in [0.3, 0.4) is 0 Å². The lowest BCUT2D eigenvalue weighted by Gasteiger charge is -2.26. The van der Waals surface area contributed by atoms with E-state index >= 15 is 0 Å². The second-order valence-electron chi connectivity index (χ2n) is 11.3. The van der Waals surface area contributed by atoms with Crippen LogP contribution in [-0.2, 0) is 17.5 Å². The van der Waals surface area contributed by atoms with Crippen LogP contribution in [0.4, 0.5) is 36.3 Å². The van der Waals surface area contributed by atoms with E-state index in [0.29, 0.717) is 36.4 Å². The van der Waals surface area contributed by atoms with E-state index in [9.17, 15) is 18.0 Å². The molecule has 0 spiro atoms. The summed E-state index contributed by atoms with van der Waals surface area (Å²) in [4.78, 5) is 28.7. The maximum absolute atomic E-state index is 13.9. The van der Waals surface area contributed by atoms with Crippen molar-refractivity contribution in [3.8, 4) is 5.82 Å². The molecule has 5 rings (SSSR count). The number of nitrogens with one attached hydrogen (secondary N) is 5. The molecule has 1 aliphatic rings. The number of rotatable bonds is 15. The molecule has 1 fully saturated rings. The number of halogens is 3. The number of hydrogen-bond donors (Lipinski definition) is 5. The number of nitrogens with zero attached hydrogens (tertiary/aromatic N) is 5. The lowest BCUT2D eigenvalue weighted by molar-refractivity contribution is -0.138. The Kier molecular flexibility index (Phi) is 11.9. The molecule has 0 bridgehead atoms. The summed E-state index contributed by atoms with van der Waals surface area (Å²) in [5, 5.41) is 15.4. The fourth-order valence-corrected chi connectivity index (χ4v) is 5.19. The lowest BCUT2D eigenvalue weighted by Crippen LogP contribution is -2.39. The molecule has 2 aromatic heterocycles. The van der Waals surface area contributed by atoms with Crippen LogP contribution in [0, 0.1) is 6.92 Å². The number of carbonyl (C=O) groups excluding carboxylic acids is 1. The first-order valence-corrected chi connectivity index (χ1v) is 15.9. The van der Waals surface area contributed by atoms with Gasteiger partial charge in [0, 0.05) is 81.2 Å². The Hall–Kier alpha value is -4.57. The molecule has 0 atom stereocenters. The van der Waals surface area contributed by atoms with E-state index in [1.807, 2.05) is 19.9 Å². The number of hydrogen-bond acceptors (Lipinski definition) is 10. The smallest absolute Gasteiger partial charge is 0.379 e. The number of carbonyl (C=O) groups is 1. The topological polar surface area (TPSA) is 133 Å². The van der Waals surface area contributed by atoms with E-state index in [0.717, 1.165) is 57.6 Å². The van der Waals surface area contributed by atoms with Gasteiger partial charge >= 0.3 is 6.18 Å². The number of alkyl halides is 3. The number of anilines is 4. The number of likely N-dealkylation sites (N-methyl/N-ethyl adjacent to an activating group) is 1. The largest absolute Gasteiger partial charge is 0.416 e. The van der Waals surface area contributed by atoms with E-state index in [-0.39, 0.29) is 23.4 Å². The van der Waals surface area contributed by atoms with Gasteiger partial charge in [0.2, 0.25) is 5.95 Å². The van der Waals surface area contributed by atoms with Crippen molar-refractivity contribution in [3.05, 3.63) is 83.4 Å². The van der Waals surface area contributed by atoms with Crippen LogP contribution in [0.2, 0.25) is 0 Å². The molecule has 0 aliphatic carbocycles. The molecule has 0 unspecified atom stereocenters. The minimum absolute atomic E-state index is 0.0486. The summed E-state index contributed by atoms with van der Waals surface area (Å²) in [6.07, 6.45) is 0.283. The van der Waals surface area contributed by atoms with Crippen LogP contribution in [0.1, 0.15) is 34.0 Å². The number of imidazole rings is 1. The highest BCUT2D eigenvalue weighted by atomic mass is 19.4. The van der Waals surface area contributed by atoms with Crippen molar-refractivity contribution in [2.45, 2.75) is 26.6 Å². The molecule has 1 aliphatic heterocycles. The number of ether oxygens (including phenoxy) is 1. The summed E-state index contributed by atoms with van der Waals surface area (Å²) in [5.74, 6) is 1.17. The van der Waals surface area contributed by atoms with E-state index in [4.69, 9.17) is 4.74 Å². The summed E-state index contributed by atoms with van der Waals surface area (Å²) >= 11 is 0. The minimum Gasteiger partial charge on any atom is -0.379 e. The predicted molar refractivity (Wildman–Crippen MR) is 179 cm³/mol. The van der Waals surface area contributed by atoms with Gasteiger partial charge in [-0.05, 0) is 48.9 Å². The Morgan fingerprint density at radius 3 is 2.58 bits per heavy atom. The van der Waals surface area contributed by atoms with E-state index in [1.165, 1.54) is 18.5 Å². The Balaban J connectivity index is 1.25. The van der Waals surface area contributed by atoms with Gasteiger partial charge in [-0.1, -0.05) is 19.1 Å². The third kappa shape index (κ3) is 9.50. The first-order valence-electron chi connectivity index (χ1n) is 15.9. The predicted octanol–water partition coefficient (Wildman–Crippen LogP) is 4.43. The van der Waals surface area contributed by atoms with E-state index in [1.54, 1.807) is 35.2 Å². The van der Waals surface area contributed by atoms with Crippen LogP contribution < -0.4 is 26.6 Å². The highest BCUT2D eigenvalue weighted by molar-refractivity contribution is 6.05. The summed E-state index contributed by atoms with van der Waals surface area (Å²) in [5.41, 5.74) is 1.05.